The molecule has 0 spiro atoms. The molecular weight excluding hydrogens is 267 g/mol. The standard InChI is InChI=1S/C14H13FO3S/c1-10-3-6-12(7-4-10)19(16,17)18-14-9-11(2)5-8-13(14)15/h3-9H,1-2H3. The molecule has 0 aromatic heterocycles. The van der Waals surface area contributed by atoms with Gasteiger partial charge in [-0.1, -0.05) is 23.8 Å². The molecule has 5 heteroatoms. The second kappa shape index (κ2) is 5.01. The maximum absolute atomic E-state index is 13.5. The summed E-state index contributed by atoms with van der Waals surface area (Å²) < 4.78 is 42.3. The molecule has 0 bridgehead atoms. The highest BCUT2D eigenvalue weighted by Gasteiger charge is 2.18. The Morgan fingerprint density at radius 1 is 0.947 bits per heavy atom. The van der Waals surface area contributed by atoms with Gasteiger partial charge in [-0.3, -0.25) is 0 Å². The molecule has 3 nitrogen and oxygen atoms in total. The fourth-order valence-corrected chi connectivity index (χ4v) is 2.48. The van der Waals surface area contributed by atoms with E-state index in [1.54, 1.807) is 25.1 Å². The van der Waals surface area contributed by atoms with Crippen molar-refractivity contribution in [2.45, 2.75) is 18.7 Å². The summed E-state index contributed by atoms with van der Waals surface area (Å²) in [5.74, 6) is -0.998. The summed E-state index contributed by atoms with van der Waals surface area (Å²) in [6, 6.07) is 10.2. The molecule has 0 heterocycles. The zero-order valence-electron chi connectivity index (χ0n) is 10.6. The summed E-state index contributed by atoms with van der Waals surface area (Å²) in [6.07, 6.45) is 0. The number of halogens is 1. The summed E-state index contributed by atoms with van der Waals surface area (Å²) >= 11 is 0. The van der Waals surface area contributed by atoms with Crippen LogP contribution in [0.5, 0.6) is 5.75 Å². The van der Waals surface area contributed by atoms with E-state index in [0.29, 0.717) is 0 Å². The van der Waals surface area contributed by atoms with E-state index in [2.05, 4.69) is 0 Å². The van der Waals surface area contributed by atoms with E-state index in [0.717, 1.165) is 11.1 Å². The van der Waals surface area contributed by atoms with Crippen molar-refractivity contribution in [2.75, 3.05) is 0 Å². The second-order valence-corrected chi connectivity index (χ2v) is 5.83. The Morgan fingerprint density at radius 3 is 2.16 bits per heavy atom. The van der Waals surface area contributed by atoms with Gasteiger partial charge in [-0.2, -0.15) is 8.42 Å². The molecule has 0 unspecified atom stereocenters. The van der Waals surface area contributed by atoms with Crippen molar-refractivity contribution >= 4 is 10.1 Å². The van der Waals surface area contributed by atoms with E-state index in [9.17, 15) is 12.8 Å². The van der Waals surface area contributed by atoms with Gasteiger partial charge in [0, 0.05) is 0 Å². The van der Waals surface area contributed by atoms with Crippen LogP contribution in [-0.2, 0) is 10.1 Å². The smallest absolute Gasteiger partial charge is 0.339 e. The first-order valence-electron chi connectivity index (χ1n) is 5.66. The zero-order chi connectivity index (χ0) is 14.0. The van der Waals surface area contributed by atoms with E-state index in [1.807, 2.05) is 6.92 Å². The molecule has 0 N–H and O–H groups in total. The Bertz CT molecular complexity index is 691. The lowest BCUT2D eigenvalue weighted by molar-refractivity contribution is 0.461. The third-order valence-electron chi connectivity index (χ3n) is 2.60. The Morgan fingerprint density at radius 2 is 1.53 bits per heavy atom. The normalized spacial score (nSPS) is 11.3. The zero-order valence-corrected chi connectivity index (χ0v) is 11.4. The molecule has 19 heavy (non-hydrogen) atoms. The number of benzene rings is 2. The van der Waals surface area contributed by atoms with Gasteiger partial charge in [0.15, 0.2) is 11.6 Å². The van der Waals surface area contributed by atoms with Crippen LogP contribution < -0.4 is 4.18 Å². The molecule has 2 aromatic carbocycles. The fourth-order valence-electron chi connectivity index (χ4n) is 1.55. The molecular formula is C14H13FO3S. The highest BCUT2D eigenvalue weighted by Crippen LogP contribution is 2.23. The van der Waals surface area contributed by atoms with Crippen molar-refractivity contribution in [1.82, 2.24) is 0 Å². The predicted octanol–water partition coefficient (Wildman–Crippen LogP) is 3.21. The van der Waals surface area contributed by atoms with Crippen LogP contribution in [0.4, 0.5) is 4.39 Å². The Balaban J connectivity index is 2.36. The first-order chi connectivity index (χ1) is 8.88. The Hall–Kier alpha value is -1.88. The maximum Gasteiger partial charge on any atom is 0.339 e. The van der Waals surface area contributed by atoms with Crippen LogP contribution in [0, 0.1) is 19.7 Å². The lowest BCUT2D eigenvalue weighted by Gasteiger charge is -2.08. The molecule has 0 aliphatic carbocycles. The van der Waals surface area contributed by atoms with Gasteiger partial charge >= 0.3 is 10.1 Å². The van der Waals surface area contributed by atoms with Crippen molar-refractivity contribution in [3.05, 3.63) is 59.4 Å². The molecule has 2 rings (SSSR count). The highest BCUT2D eigenvalue weighted by atomic mass is 32.2. The highest BCUT2D eigenvalue weighted by molar-refractivity contribution is 7.87. The Kier molecular flexibility index (Phi) is 3.57. The summed E-state index contributed by atoms with van der Waals surface area (Å²) in [7, 11) is -4.01. The van der Waals surface area contributed by atoms with Gasteiger partial charge in [0.05, 0.1) is 0 Å². The average Bonchev–Trinajstić information content (AvgIpc) is 2.34. The molecule has 0 saturated carbocycles. The summed E-state index contributed by atoms with van der Waals surface area (Å²) in [6.45, 7) is 3.57. The fraction of sp³-hybridized carbons (Fsp3) is 0.143. The minimum absolute atomic E-state index is 0.000920. The maximum atomic E-state index is 13.5. The number of hydrogen-bond donors (Lipinski definition) is 0. The lowest BCUT2D eigenvalue weighted by atomic mass is 10.2. The molecule has 2 aromatic rings. The molecule has 0 aliphatic heterocycles. The molecule has 0 aliphatic rings. The molecule has 0 atom stereocenters. The summed E-state index contributed by atoms with van der Waals surface area (Å²) in [4.78, 5) is -0.000920. The van der Waals surface area contributed by atoms with Crippen molar-refractivity contribution in [3.63, 3.8) is 0 Å². The third-order valence-corrected chi connectivity index (χ3v) is 3.84. The molecule has 0 radical (unpaired) electrons. The quantitative estimate of drug-likeness (QED) is 0.811. The van der Waals surface area contributed by atoms with E-state index < -0.39 is 15.9 Å². The number of hydrogen-bond acceptors (Lipinski definition) is 3. The molecule has 0 amide bonds. The first-order valence-corrected chi connectivity index (χ1v) is 7.06. The SMILES string of the molecule is Cc1ccc(S(=O)(=O)Oc2cc(C)ccc2F)cc1. The van der Waals surface area contributed by atoms with Crippen molar-refractivity contribution < 1.29 is 17.0 Å². The molecule has 0 fully saturated rings. The molecule has 0 saturated heterocycles. The lowest BCUT2D eigenvalue weighted by Crippen LogP contribution is -2.10. The van der Waals surface area contributed by atoms with Crippen LogP contribution in [0.3, 0.4) is 0 Å². The van der Waals surface area contributed by atoms with Crippen molar-refractivity contribution in [1.29, 1.82) is 0 Å². The van der Waals surface area contributed by atoms with E-state index >= 15 is 0 Å². The predicted molar refractivity (Wildman–Crippen MR) is 70.1 cm³/mol. The van der Waals surface area contributed by atoms with Gasteiger partial charge in [-0.05, 0) is 43.7 Å². The van der Waals surface area contributed by atoms with Crippen LogP contribution in [0.15, 0.2) is 47.4 Å². The van der Waals surface area contributed by atoms with Crippen LogP contribution in [-0.4, -0.2) is 8.42 Å². The number of rotatable bonds is 3. The first kappa shape index (κ1) is 13.5. The van der Waals surface area contributed by atoms with Gasteiger partial charge in [0.2, 0.25) is 0 Å². The van der Waals surface area contributed by atoms with Crippen LogP contribution in [0.2, 0.25) is 0 Å². The van der Waals surface area contributed by atoms with Crippen molar-refractivity contribution in [3.8, 4) is 5.75 Å². The van der Waals surface area contributed by atoms with E-state index in [1.165, 1.54) is 24.3 Å². The minimum atomic E-state index is -4.01. The minimum Gasteiger partial charge on any atom is -0.376 e. The topological polar surface area (TPSA) is 43.4 Å². The van der Waals surface area contributed by atoms with E-state index in [-0.39, 0.29) is 10.6 Å². The van der Waals surface area contributed by atoms with Crippen LogP contribution >= 0.6 is 0 Å². The van der Waals surface area contributed by atoms with Gasteiger partial charge in [-0.15, -0.1) is 0 Å². The third kappa shape index (κ3) is 3.12. The average molecular weight is 280 g/mol. The van der Waals surface area contributed by atoms with Gasteiger partial charge in [0.1, 0.15) is 4.90 Å². The second-order valence-electron chi connectivity index (χ2n) is 4.28. The van der Waals surface area contributed by atoms with Crippen LogP contribution in [0.1, 0.15) is 11.1 Å². The monoisotopic (exact) mass is 280 g/mol. The van der Waals surface area contributed by atoms with Crippen molar-refractivity contribution in [2.24, 2.45) is 0 Å². The Labute approximate surface area is 111 Å². The number of aryl methyl sites for hydroxylation is 2. The van der Waals surface area contributed by atoms with Gasteiger partial charge < -0.3 is 4.18 Å². The summed E-state index contributed by atoms with van der Waals surface area (Å²) in [5, 5.41) is 0. The van der Waals surface area contributed by atoms with Crippen LogP contribution in [0.25, 0.3) is 0 Å². The largest absolute Gasteiger partial charge is 0.376 e. The van der Waals surface area contributed by atoms with Gasteiger partial charge in [0.25, 0.3) is 0 Å². The van der Waals surface area contributed by atoms with E-state index in [4.69, 9.17) is 4.18 Å². The van der Waals surface area contributed by atoms with Gasteiger partial charge in [-0.25, -0.2) is 4.39 Å². The summed E-state index contributed by atoms with van der Waals surface area (Å²) in [5.41, 5.74) is 1.65. The molecule has 100 valence electrons.